The number of hydrogen-bond donors (Lipinski definition) is 18. The predicted octanol–water partition coefficient (Wildman–Crippen LogP) is -3.83. The van der Waals surface area contributed by atoms with Gasteiger partial charge in [-0.25, -0.2) is 4.79 Å². The molecule has 12 amide bonds. The van der Waals surface area contributed by atoms with Crippen molar-refractivity contribution in [3.8, 4) is 0 Å². The van der Waals surface area contributed by atoms with E-state index in [9.17, 15) is 87.5 Å². The molecule has 3 rings (SSSR count). The second-order valence-electron chi connectivity index (χ2n) is 24.8. The third-order valence-electron chi connectivity index (χ3n) is 16.2. The molecular formula is C62H100N14O18S3. The first-order chi connectivity index (χ1) is 45.8. The van der Waals surface area contributed by atoms with E-state index in [1.807, 2.05) is 13.8 Å². The summed E-state index contributed by atoms with van der Waals surface area (Å²) in [4.78, 5) is 192. The molecule has 0 spiro atoms. The summed E-state index contributed by atoms with van der Waals surface area (Å²) >= 11 is 9.96. The normalized spacial score (nSPS) is 18.2. The Balaban J connectivity index is 1.70. The maximum absolute atomic E-state index is 14.3. The number of carboxylic acids is 2. The van der Waals surface area contributed by atoms with Crippen LogP contribution in [0.3, 0.4) is 0 Å². The Morgan fingerprint density at radius 1 is 0.567 bits per heavy atom. The number of benzene rings is 1. The molecule has 0 bridgehead atoms. The lowest BCUT2D eigenvalue weighted by Crippen LogP contribution is -2.61. The molecule has 1 aromatic rings. The summed E-state index contributed by atoms with van der Waals surface area (Å²) in [6.45, 7) is 8.67. The van der Waals surface area contributed by atoms with Crippen LogP contribution in [-0.2, 0) is 73.5 Å². The predicted molar refractivity (Wildman–Crippen MR) is 364 cm³/mol. The van der Waals surface area contributed by atoms with Crippen LogP contribution in [0.25, 0.3) is 0 Å². The zero-order valence-electron chi connectivity index (χ0n) is 55.9. The van der Waals surface area contributed by atoms with Gasteiger partial charge in [0.2, 0.25) is 70.9 Å². The van der Waals surface area contributed by atoms with E-state index >= 15 is 0 Å². The number of carboxylic acid groups (broad SMARTS) is 2. The summed E-state index contributed by atoms with van der Waals surface area (Å²) in [6, 6.07) is -8.81. The van der Waals surface area contributed by atoms with Crippen LogP contribution in [0.4, 0.5) is 0 Å². The van der Waals surface area contributed by atoms with Crippen LogP contribution in [0.2, 0.25) is 0 Å². The van der Waals surface area contributed by atoms with Crippen molar-refractivity contribution in [3.63, 3.8) is 0 Å². The van der Waals surface area contributed by atoms with Gasteiger partial charge in [-0.15, -0.1) is 0 Å². The van der Waals surface area contributed by atoms with E-state index in [0.717, 1.165) is 4.90 Å². The number of rotatable bonds is 42. The fourth-order valence-corrected chi connectivity index (χ4v) is 11.7. The van der Waals surface area contributed by atoms with Crippen molar-refractivity contribution in [2.45, 2.75) is 203 Å². The number of thiol groups is 2. The van der Waals surface area contributed by atoms with Crippen molar-refractivity contribution < 1.29 is 87.5 Å². The van der Waals surface area contributed by atoms with Crippen LogP contribution in [0, 0.1) is 11.8 Å². The minimum atomic E-state index is -1.67. The second-order valence-corrected chi connectivity index (χ2v) is 26.5. The van der Waals surface area contributed by atoms with Crippen molar-refractivity contribution in [1.82, 2.24) is 63.0 Å². The van der Waals surface area contributed by atoms with Gasteiger partial charge in [0.05, 0.1) is 12.7 Å². The number of nitrogens with two attached hydrogens (primary N) is 2. The monoisotopic (exact) mass is 1420 g/mol. The minimum absolute atomic E-state index is 0.0181. The SMILES string of the molecule is CSCC[C@H](NC(=O)[C@H](CCCCN)NC(=O)[C@@H]1CCCN1C(=O)[C@H](CS)NC(=O)[C@H](C)NC(=O)[C@H](CS)NC(=O)[C@@H](NC(=O)[C@@H]1CCCN1C(=O)[C@H](CCC(=O)O)NC(=O)[C@H](CO)NC(=O)[C@@H](N)[C@@H](C)O)C(C)C)C(=O)N[C@@H](CC(C)C)C(=O)N[C@@H](Cc1ccccc1)C(=O)O. The largest absolute Gasteiger partial charge is 0.481 e. The number of aliphatic hydroxyl groups excluding tert-OH is 2. The number of amides is 12. The Morgan fingerprint density at radius 3 is 1.57 bits per heavy atom. The topological polar surface area (TPSA) is 499 Å². The first-order valence-electron chi connectivity index (χ1n) is 32.4. The molecule has 544 valence electrons. The standard InChI is InChI=1S/C62H100N14O18S3/c1-32(2)27-40(53(84)70-41(62(93)94)28-36-15-9-8-10-16-36)69-52(83)38(22-26-97-7)66-51(82)37(17-11-12-23-63)67-56(87)45-18-13-25-76(45)61(92)44(31-96)73-50(81)34(5)65-55(86)43(30-95)72-59(90)49(33(3)4)74-57(88)46-19-14-24-75(46)60(91)39(20-21-47(79)80)68-54(85)42(29-77)71-58(89)48(64)35(6)78/h8-10,15-16,32-35,37-46,48-49,77-78,95-96H,11-14,17-31,63-64H2,1-7H3,(H,65,86)(H,66,82)(H,67,87)(H,68,85)(H,69,83)(H,70,84)(H,71,89)(H,72,90)(H,73,81)(H,74,88)(H,79,80)(H,93,94)/t34-,35+,37-,38-,39-,40-,41-,42-,43-,44-,45-,46-,48-,49-/m0/s1. The van der Waals surface area contributed by atoms with Crippen molar-refractivity contribution in [2.24, 2.45) is 23.3 Å². The smallest absolute Gasteiger partial charge is 0.326 e. The van der Waals surface area contributed by atoms with E-state index in [-0.39, 0.29) is 82.0 Å². The quantitative estimate of drug-likeness (QED) is 0.0220. The summed E-state index contributed by atoms with van der Waals surface area (Å²) in [5.74, 6) is -13.6. The fourth-order valence-electron chi connectivity index (χ4n) is 10.7. The Bertz CT molecular complexity index is 2870. The molecule has 2 heterocycles. The van der Waals surface area contributed by atoms with E-state index in [4.69, 9.17) is 11.5 Å². The Morgan fingerprint density at radius 2 is 1.05 bits per heavy atom. The molecule has 35 heteroatoms. The van der Waals surface area contributed by atoms with Gasteiger partial charge >= 0.3 is 11.9 Å². The highest BCUT2D eigenvalue weighted by Gasteiger charge is 2.43. The molecular weight excluding hydrogens is 1320 g/mol. The number of aliphatic hydroxyl groups is 2. The lowest BCUT2D eigenvalue weighted by Gasteiger charge is -2.31. The van der Waals surface area contributed by atoms with Gasteiger partial charge in [-0.3, -0.25) is 62.3 Å². The average molecular weight is 1430 g/mol. The zero-order chi connectivity index (χ0) is 72.8. The number of likely N-dealkylation sites (tertiary alicyclic amines) is 2. The van der Waals surface area contributed by atoms with Crippen molar-refractivity contribution in [3.05, 3.63) is 35.9 Å². The number of thioether (sulfide) groups is 1. The Labute approximate surface area is 579 Å². The fraction of sp³-hybridized carbons (Fsp3) is 0.677. The van der Waals surface area contributed by atoms with Gasteiger partial charge in [-0.2, -0.15) is 37.0 Å². The number of aliphatic carboxylic acids is 2. The van der Waals surface area contributed by atoms with Crippen LogP contribution >= 0.6 is 37.0 Å². The van der Waals surface area contributed by atoms with Crippen LogP contribution < -0.4 is 64.6 Å². The first kappa shape index (κ1) is 83.9. The van der Waals surface area contributed by atoms with Crippen LogP contribution in [-0.4, -0.2) is 247 Å². The summed E-state index contributed by atoms with van der Waals surface area (Å²) in [6.07, 6.45) is 1.37. The second kappa shape index (κ2) is 42.5. The lowest BCUT2D eigenvalue weighted by molar-refractivity contribution is -0.144. The molecule has 0 aliphatic carbocycles. The first-order valence-corrected chi connectivity index (χ1v) is 35.1. The maximum Gasteiger partial charge on any atom is 0.326 e. The van der Waals surface area contributed by atoms with Gasteiger partial charge in [0.1, 0.15) is 78.5 Å². The third-order valence-corrected chi connectivity index (χ3v) is 17.6. The lowest BCUT2D eigenvalue weighted by atomic mass is 10.0. The van der Waals surface area contributed by atoms with Crippen molar-refractivity contribution >= 4 is 120 Å². The molecule has 14 atom stereocenters. The zero-order valence-corrected chi connectivity index (χ0v) is 58.5. The van der Waals surface area contributed by atoms with Gasteiger partial charge in [0.25, 0.3) is 0 Å². The molecule has 0 radical (unpaired) electrons. The summed E-state index contributed by atoms with van der Waals surface area (Å²) in [5.41, 5.74) is 12.1. The van der Waals surface area contributed by atoms with Gasteiger partial charge in [0, 0.05) is 37.4 Å². The van der Waals surface area contributed by atoms with Crippen LogP contribution in [0.15, 0.2) is 30.3 Å². The highest BCUT2D eigenvalue weighted by molar-refractivity contribution is 7.98. The Kier molecular flexibility index (Phi) is 36.8. The summed E-state index contributed by atoms with van der Waals surface area (Å²) in [5, 5.41) is 64.5. The van der Waals surface area contributed by atoms with E-state index in [1.54, 1.807) is 50.4 Å². The van der Waals surface area contributed by atoms with Gasteiger partial charge in [-0.1, -0.05) is 58.0 Å². The molecule has 2 aliphatic rings. The number of hydrogen-bond acceptors (Lipinski definition) is 21. The van der Waals surface area contributed by atoms with Crippen LogP contribution in [0.1, 0.15) is 118 Å². The molecule has 0 unspecified atom stereocenters. The van der Waals surface area contributed by atoms with Gasteiger partial charge in [0.15, 0.2) is 0 Å². The molecule has 97 heavy (non-hydrogen) atoms. The maximum atomic E-state index is 14.3. The third kappa shape index (κ3) is 27.1. The number of nitrogens with one attached hydrogen (secondary N) is 10. The van der Waals surface area contributed by atoms with Gasteiger partial charge in [-0.05, 0) is 114 Å². The summed E-state index contributed by atoms with van der Waals surface area (Å²) < 4.78 is 0. The summed E-state index contributed by atoms with van der Waals surface area (Å²) in [7, 11) is 0. The molecule has 0 aromatic heterocycles. The minimum Gasteiger partial charge on any atom is -0.481 e. The van der Waals surface area contributed by atoms with E-state index in [0.29, 0.717) is 30.6 Å². The highest BCUT2D eigenvalue weighted by atomic mass is 32.2. The van der Waals surface area contributed by atoms with E-state index in [1.165, 1.54) is 30.5 Å². The number of unbranched alkanes of at least 4 members (excludes halogenated alkanes) is 1. The molecule has 18 N–H and O–H groups in total. The van der Waals surface area contributed by atoms with E-state index in [2.05, 4.69) is 78.4 Å². The Hall–Kier alpha value is -7.31. The molecule has 1 aromatic carbocycles. The molecule has 2 saturated heterocycles. The highest BCUT2D eigenvalue weighted by Crippen LogP contribution is 2.23. The van der Waals surface area contributed by atoms with Crippen LogP contribution in [0.5, 0.6) is 0 Å². The van der Waals surface area contributed by atoms with Gasteiger partial charge < -0.3 is 94.9 Å². The van der Waals surface area contributed by atoms with E-state index < -0.39 is 193 Å². The molecule has 0 saturated carbocycles. The van der Waals surface area contributed by atoms with Crippen molar-refractivity contribution in [1.29, 1.82) is 0 Å². The number of carbonyl (C=O) groups excluding carboxylic acids is 12. The molecule has 32 nitrogen and oxygen atoms in total. The number of carbonyl (C=O) groups is 14. The number of nitrogens with zero attached hydrogens (tertiary/aromatic N) is 2. The average Bonchev–Trinajstić information content (AvgIpc) is 1.41. The van der Waals surface area contributed by atoms with Crippen molar-refractivity contribution in [2.75, 3.05) is 49.8 Å². The molecule has 2 aliphatic heterocycles. The molecule has 2 fully saturated rings.